The maximum Gasteiger partial charge on any atom is 0.206 e. The number of benzene rings is 2. The predicted molar refractivity (Wildman–Crippen MR) is 61.0 cm³/mol. The summed E-state index contributed by atoms with van der Waals surface area (Å²) < 4.78 is 0. The summed E-state index contributed by atoms with van der Waals surface area (Å²) in [5.41, 5.74) is 0.627. The van der Waals surface area contributed by atoms with Gasteiger partial charge in [-0.25, -0.2) is 0 Å². The molecule has 2 aromatic carbocycles. The third-order valence-corrected chi connectivity index (χ3v) is 2.25. The molecule has 2 aromatic rings. The van der Waals surface area contributed by atoms with Gasteiger partial charge in [-0.15, -0.1) is 0 Å². The molecule has 0 aliphatic heterocycles. The average molecular weight is 198 g/mol. The van der Waals surface area contributed by atoms with Crippen LogP contribution in [-0.4, -0.2) is 12.0 Å². The third kappa shape index (κ3) is 1.72. The first-order valence-corrected chi connectivity index (χ1v) is 4.58. The van der Waals surface area contributed by atoms with Crippen LogP contribution in [0, 0.1) is 0 Å². The van der Waals surface area contributed by atoms with Crippen molar-refractivity contribution in [3.63, 3.8) is 0 Å². The Bertz CT molecular complexity index is 527. The van der Waals surface area contributed by atoms with Crippen LogP contribution >= 0.6 is 0 Å². The summed E-state index contributed by atoms with van der Waals surface area (Å²) >= 11 is 0. The van der Waals surface area contributed by atoms with Crippen molar-refractivity contribution in [2.24, 2.45) is 10.9 Å². The number of carbonyl (C=O) groups is 1. The van der Waals surface area contributed by atoms with Gasteiger partial charge < -0.3 is 5.84 Å². The van der Waals surface area contributed by atoms with Gasteiger partial charge in [-0.3, -0.25) is 4.79 Å². The van der Waals surface area contributed by atoms with Crippen LogP contribution < -0.4 is 5.84 Å². The molecule has 0 fully saturated rings. The summed E-state index contributed by atoms with van der Waals surface area (Å²) in [6.07, 6.45) is 1.13. The molecule has 74 valence electrons. The highest BCUT2D eigenvalue weighted by molar-refractivity contribution is 6.38. The van der Waals surface area contributed by atoms with Crippen molar-refractivity contribution in [3.05, 3.63) is 48.0 Å². The smallest absolute Gasteiger partial charge is 0.206 e. The molecule has 0 aliphatic carbocycles. The fraction of sp³-hybridized carbons (Fsp3) is 0. The van der Waals surface area contributed by atoms with Crippen molar-refractivity contribution in [3.8, 4) is 0 Å². The zero-order valence-corrected chi connectivity index (χ0v) is 8.05. The number of hydrogen-bond acceptors (Lipinski definition) is 3. The van der Waals surface area contributed by atoms with Crippen molar-refractivity contribution in [2.45, 2.75) is 0 Å². The van der Waals surface area contributed by atoms with Gasteiger partial charge in [-0.1, -0.05) is 42.5 Å². The molecule has 0 unspecified atom stereocenters. The van der Waals surface area contributed by atoms with E-state index in [9.17, 15) is 4.79 Å². The number of rotatable bonds is 2. The van der Waals surface area contributed by atoms with Crippen LogP contribution in [-0.2, 0) is 0 Å². The Labute approximate surface area is 87.2 Å². The maximum atomic E-state index is 11.6. The summed E-state index contributed by atoms with van der Waals surface area (Å²) in [5, 5.41) is 5.20. The number of nitrogens with zero attached hydrogens (tertiary/aromatic N) is 1. The molecule has 0 heterocycles. The Morgan fingerprint density at radius 3 is 2.67 bits per heavy atom. The molecule has 2 N–H and O–H groups in total. The largest absolute Gasteiger partial charge is 0.323 e. The van der Waals surface area contributed by atoms with Crippen LogP contribution in [0.3, 0.4) is 0 Å². The number of Topliss-reactive ketones (excluding diaryl/α,β-unsaturated/α-hetero) is 1. The predicted octanol–water partition coefficient (Wildman–Crippen LogP) is 1.97. The summed E-state index contributed by atoms with van der Waals surface area (Å²) in [6.45, 7) is 0. The van der Waals surface area contributed by atoms with Crippen molar-refractivity contribution in [1.82, 2.24) is 0 Å². The van der Waals surface area contributed by atoms with Gasteiger partial charge in [-0.2, -0.15) is 5.10 Å². The van der Waals surface area contributed by atoms with Crippen molar-refractivity contribution in [2.75, 3.05) is 0 Å². The number of fused-ring (bicyclic) bond motifs is 1. The zero-order chi connectivity index (χ0) is 10.7. The lowest BCUT2D eigenvalue weighted by Crippen LogP contribution is -2.02. The van der Waals surface area contributed by atoms with E-state index in [2.05, 4.69) is 5.10 Å². The van der Waals surface area contributed by atoms with Crippen LogP contribution in [0.4, 0.5) is 0 Å². The molecule has 0 amide bonds. The molecular weight excluding hydrogens is 188 g/mol. The second kappa shape index (κ2) is 3.92. The Hall–Kier alpha value is -2.16. The standard InChI is InChI=1S/C12H10N2O/c13-14-8-12(15)11-7-3-5-9-4-1-2-6-10(9)11/h1-8H,13H2. The van der Waals surface area contributed by atoms with Crippen LogP contribution in [0.25, 0.3) is 10.8 Å². The number of ketones is 1. The second-order valence-electron chi connectivity index (χ2n) is 3.17. The number of hydrazone groups is 1. The Morgan fingerprint density at radius 2 is 1.87 bits per heavy atom. The number of carbonyl (C=O) groups excluding carboxylic acids is 1. The molecule has 15 heavy (non-hydrogen) atoms. The van der Waals surface area contributed by atoms with Gasteiger partial charge in [0.1, 0.15) is 0 Å². The normalized spacial score (nSPS) is 10.9. The molecule has 0 atom stereocenters. The highest BCUT2D eigenvalue weighted by Crippen LogP contribution is 2.18. The first-order valence-electron chi connectivity index (χ1n) is 4.58. The monoisotopic (exact) mass is 198 g/mol. The van der Waals surface area contributed by atoms with Crippen molar-refractivity contribution >= 4 is 22.8 Å². The Morgan fingerprint density at radius 1 is 1.13 bits per heavy atom. The molecule has 0 saturated heterocycles. The van der Waals surface area contributed by atoms with E-state index in [0.717, 1.165) is 17.0 Å². The fourth-order valence-electron chi connectivity index (χ4n) is 1.58. The van der Waals surface area contributed by atoms with Gasteiger partial charge in [0, 0.05) is 5.56 Å². The van der Waals surface area contributed by atoms with Crippen molar-refractivity contribution in [1.29, 1.82) is 0 Å². The molecule has 0 radical (unpaired) electrons. The molecule has 0 aromatic heterocycles. The first-order chi connectivity index (χ1) is 7.33. The van der Waals surface area contributed by atoms with Gasteiger partial charge in [-0.05, 0) is 10.8 Å². The van der Waals surface area contributed by atoms with E-state index in [1.165, 1.54) is 0 Å². The average Bonchev–Trinajstić information content (AvgIpc) is 2.28. The minimum atomic E-state index is -0.172. The van der Waals surface area contributed by atoms with E-state index in [1.807, 2.05) is 36.4 Å². The lowest BCUT2D eigenvalue weighted by atomic mass is 10.0. The molecule has 0 spiro atoms. The van der Waals surface area contributed by atoms with Crippen LogP contribution in [0.2, 0.25) is 0 Å². The van der Waals surface area contributed by atoms with E-state index >= 15 is 0 Å². The fourth-order valence-corrected chi connectivity index (χ4v) is 1.58. The van der Waals surface area contributed by atoms with E-state index < -0.39 is 0 Å². The van der Waals surface area contributed by atoms with Crippen LogP contribution in [0.5, 0.6) is 0 Å². The van der Waals surface area contributed by atoms with Gasteiger partial charge >= 0.3 is 0 Å². The molecule has 0 saturated carbocycles. The minimum absolute atomic E-state index is 0.172. The Kier molecular flexibility index (Phi) is 2.46. The number of hydrogen-bond donors (Lipinski definition) is 1. The van der Waals surface area contributed by atoms with Gasteiger partial charge in [0.2, 0.25) is 5.78 Å². The van der Waals surface area contributed by atoms with Crippen LogP contribution in [0.15, 0.2) is 47.6 Å². The minimum Gasteiger partial charge on any atom is -0.323 e. The van der Waals surface area contributed by atoms with E-state index in [0.29, 0.717) is 5.56 Å². The molecule has 3 heteroatoms. The summed E-state index contributed by atoms with van der Waals surface area (Å²) in [7, 11) is 0. The number of nitrogens with two attached hydrogens (primary N) is 1. The lowest BCUT2D eigenvalue weighted by molar-refractivity contribution is 0.107. The highest BCUT2D eigenvalue weighted by Gasteiger charge is 2.06. The summed E-state index contributed by atoms with van der Waals surface area (Å²) in [5.74, 6) is 4.79. The first kappa shape index (κ1) is 9.40. The van der Waals surface area contributed by atoms with E-state index in [-0.39, 0.29) is 5.78 Å². The molecule has 0 aliphatic rings. The lowest BCUT2D eigenvalue weighted by Gasteiger charge is -2.01. The summed E-state index contributed by atoms with van der Waals surface area (Å²) in [4.78, 5) is 11.6. The van der Waals surface area contributed by atoms with Crippen LogP contribution in [0.1, 0.15) is 10.4 Å². The molecular formula is C12H10N2O. The van der Waals surface area contributed by atoms with Gasteiger partial charge in [0.05, 0.1) is 6.21 Å². The maximum absolute atomic E-state index is 11.6. The molecule has 0 bridgehead atoms. The SMILES string of the molecule is NN=CC(=O)c1cccc2ccccc12. The highest BCUT2D eigenvalue weighted by atomic mass is 16.1. The van der Waals surface area contributed by atoms with E-state index in [4.69, 9.17) is 5.84 Å². The van der Waals surface area contributed by atoms with E-state index in [1.54, 1.807) is 6.07 Å². The topological polar surface area (TPSA) is 55.4 Å². The zero-order valence-electron chi connectivity index (χ0n) is 8.05. The summed E-state index contributed by atoms with van der Waals surface area (Å²) in [6, 6.07) is 13.3. The second-order valence-corrected chi connectivity index (χ2v) is 3.17. The van der Waals surface area contributed by atoms with Gasteiger partial charge in [0.15, 0.2) is 0 Å². The molecule has 2 rings (SSSR count). The van der Waals surface area contributed by atoms with Gasteiger partial charge in [0.25, 0.3) is 0 Å². The van der Waals surface area contributed by atoms with Crippen molar-refractivity contribution < 1.29 is 4.79 Å². The molecule has 3 nitrogen and oxygen atoms in total. The third-order valence-electron chi connectivity index (χ3n) is 2.25. The quantitative estimate of drug-likeness (QED) is 0.347. The Balaban J connectivity index is 2.65.